The first kappa shape index (κ1) is 19.4. The van der Waals surface area contributed by atoms with Crippen molar-refractivity contribution in [2.45, 2.75) is 19.9 Å². The van der Waals surface area contributed by atoms with Crippen molar-refractivity contribution in [3.8, 4) is 5.75 Å². The summed E-state index contributed by atoms with van der Waals surface area (Å²) >= 11 is 0. The van der Waals surface area contributed by atoms with Gasteiger partial charge in [0.15, 0.2) is 0 Å². The smallest absolute Gasteiger partial charge is 0.270 e. The summed E-state index contributed by atoms with van der Waals surface area (Å²) in [5.41, 5.74) is 3.73. The van der Waals surface area contributed by atoms with Gasteiger partial charge < -0.3 is 15.4 Å². The molecule has 144 valence electrons. The fourth-order valence-corrected chi connectivity index (χ4v) is 2.82. The molecule has 0 aliphatic rings. The number of rotatable bonds is 8. The van der Waals surface area contributed by atoms with Crippen LogP contribution in [0.3, 0.4) is 0 Å². The Hall–Kier alpha value is -3.41. The van der Waals surface area contributed by atoms with E-state index in [1.807, 2.05) is 49.4 Å². The molecule has 6 nitrogen and oxygen atoms in total. The number of carbonyl (C=O) groups excluding carboxylic acids is 1. The third-order valence-corrected chi connectivity index (χ3v) is 4.45. The fourth-order valence-electron chi connectivity index (χ4n) is 2.82. The summed E-state index contributed by atoms with van der Waals surface area (Å²) in [5, 5.41) is 6.14. The monoisotopic (exact) mass is 376 g/mol. The molecule has 0 saturated carbocycles. The minimum Gasteiger partial charge on any atom is -0.497 e. The molecule has 0 saturated heterocycles. The van der Waals surface area contributed by atoms with Crippen molar-refractivity contribution in [2.75, 3.05) is 19.0 Å². The fraction of sp³-hybridized carbons (Fsp3) is 0.227. The van der Waals surface area contributed by atoms with Crippen LogP contribution in [0.2, 0.25) is 0 Å². The normalized spacial score (nSPS) is 10.4. The first-order valence-corrected chi connectivity index (χ1v) is 9.17. The average Bonchev–Trinajstić information content (AvgIpc) is 2.73. The SMILES string of the molecule is COc1cccc(CCNc2cc(C(=O)NCc3ccccc3C)ncn2)c1. The maximum atomic E-state index is 12.4. The second-order valence-corrected chi connectivity index (χ2v) is 6.43. The van der Waals surface area contributed by atoms with Crippen molar-refractivity contribution >= 4 is 11.7 Å². The van der Waals surface area contributed by atoms with E-state index in [2.05, 4.69) is 26.7 Å². The number of aromatic nitrogens is 2. The zero-order valence-corrected chi connectivity index (χ0v) is 16.1. The Kier molecular flexibility index (Phi) is 6.57. The van der Waals surface area contributed by atoms with E-state index in [4.69, 9.17) is 4.74 Å². The zero-order chi connectivity index (χ0) is 19.8. The summed E-state index contributed by atoms with van der Waals surface area (Å²) in [6, 6.07) is 17.6. The third kappa shape index (κ3) is 5.30. The van der Waals surface area contributed by atoms with E-state index in [1.54, 1.807) is 13.2 Å². The average molecular weight is 376 g/mol. The number of hydrogen-bond acceptors (Lipinski definition) is 5. The Morgan fingerprint density at radius 3 is 2.75 bits per heavy atom. The van der Waals surface area contributed by atoms with Crippen LogP contribution < -0.4 is 15.4 Å². The van der Waals surface area contributed by atoms with Gasteiger partial charge in [-0.1, -0.05) is 36.4 Å². The van der Waals surface area contributed by atoms with Crippen LogP contribution in [0, 0.1) is 6.92 Å². The van der Waals surface area contributed by atoms with E-state index in [1.165, 1.54) is 6.33 Å². The van der Waals surface area contributed by atoms with Gasteiger partial charge >= 0.3 is 0 Å². The molecule has 0 bridgehead atoms. The molecule has 0 aliphatic heterocycles. The molecule has 1 aromatic heterocycles. The number of methoxy groups -OCH3 is 1. The highest BCUT2D eigenvalue weighted by Crippen LogP contribution is 2.13. The molecule has 3 aromatic rings. The van der Waals surface area contributed by atoms with Crippen molar-refractivity contribution in [2.24, 2.45) is 0 Å². The lowest BCUT2D eigenvalue weighted by molar-refractivity contribution is 0.0945. The Morgan fingerprint density at radius 2 is 1.93 bits per heavy atom. The first-order chi connectivity index (χ1) is 13.7. The number of carbonyl (C=O) groups is 1. The third-order valence-electron chi connectivity index (χ3n) is 4.45. The predicted octanol–water partition coefficient (Wildman–Crippen LogP) is 3.38. The van der Waals surface area contributed by atoms with Gasteiger partial charge in [-0.25, -0.2) is 9.97 Å². The van der Waals surface area contributed by atoms with E-state index < -0.39 is 0 Å². The van der Waals surface area contributed by atoms with Gasteiger partial charge in [0.25, 0.3) is 5.91 Å². The van der Waals surface area contributed by atoms with Gasteiger partial charge in [-0.2, -0.15) is 0 Å². The van der Waals surface area contributed by atoms with Crippen LogP contribution in [0.4, 0.5) is 5.82 Å². The molecule has 1 heterocycles. The van der Waals surface area contributed by atoms with Crippen molar-refractivity contribution in [1.82, 2.24) is 15.3 Å². The van der Waals surface area contributed by atoms with Gasteiger partial charge in [-0.05, 0) is 42.2 Å². The van der Waals surface area contributed by atoms with Gasteiger partial charge in [0.1, 0.15) is 23.6 Å². The predicted molar refractivity (Wildman–Crippen MR) is 110 cm³/mol. The van der Waals surface area contributed by atoms with Crippen molar-refractivity contribution in [3.63, 3.8) is 0 Å². The topological polar surface area (TPSA) is 76.1 Å². The molecule has 0 fully saturated rings. The summed E-state index contributed by atoms with van der Waals surface area (Å²) in [6.07, 6.45) is 2.21. The van der Waals surface area contributed by atoms with E-state index in [0.29, 0.717) is 24.6 Å². The summed E-state index contributed by atoms with van der Waals surface area (Å²) < 4.78 is 5.24. The summed E-state index contributed by atoms with van der Waals surface area (Å²) in [5.74, 6) is 1.24. The number of hydrogen-bond donors (Lipinski definition) is 2. The Balaban J connectivity index is 1.54. The molecule has 2 N–H and O–H groups in total. The Labute approximate surface area is 165 Å². The highest BCUT2D eigenvalue weighted by Gasteiger charge is 2.09. The maximum absolute atomic E-state index is 12.4. The van der Waals surface area contributed by atoms with Crippen LogP contribution in [-0.4, -0.2) is 29.5 Å². The zero-order valence-electron chi connectivity index (χ0n) is 16.1. The molecule has 6 heteroatoms. The molecule has 0 radical (unpaired) electrons. The first-order valence-electron chi connectivity index (χ1n) is 9.17. The molecule has 0 unspecified atom stereocenters. The molecule has 1 amide bonds. The van der Waals surface area contributed by atoms with Crippen LogP contribution in [0.5, 0.6) is 5.75 Å². The highest BCUT2D eigenvalue weighted by atomic mass is 16.5. The number of amides is 1. The number of ether oxygens (including phenoxy) is 1. The second-order valence-electron chi connectivity index (χ2n) is 6.43. The number of nitrogens with zero attached hydrogens (tertiary/aromatic N) is 2. The standard InChI is InChI=1S/C22H24N4O2/c1-16-6-3-4-8-18(16)14-24-22(27)20-13-21(26-15-25-20)23-11-10-17-7-5-9-19(12-17)28-2/h3-9,12-13,15H,10-11,14H2,1-2H3,(H,24,27)(H,23,25,26). The van der Waals surface area contributed by atoms with Crippen LogP contribution in [-0.2, 0) is 13.0 Å². The van der Waals surface area contributed by atoms with Crippen LogP contribution in [0.25, 0.3) is 0 Å². The van der Waals surface area contributed by atoms with Crippen molar-refractivity contribution in [1.29, 1.82) is 0 Å². The van der Waals surface area contributed by atoms with Gasteiger partial charge in [0.2, 0.25) is 0 Å². The molecule has 2 aromatic carbocycles. The molecule has 0 aliphatic carbocycles. The van der Waals surface area contributed by atoms with Crippen LogP contribution >= 0.6 is 0 Å². The van der Waals surface area contributed by atoms with Gasteiger partial charge in [-0.3, -0.25) is 4.79 Å². The molecule has 3 rings (SSSR count). The van der Waals surface area contributed by atoms with E-state index >= 15 is 0 Å². The van der Waals surface area contributed by atoms with Crippen LogP contribution in [0.15, 0.2) is 60.9 Å². The lowest BCUT2D eigenvalue weighted by Crippen LogP contribution is -2.24. The number of aryl methyl sites for hydroxylation is 1. The number of nitrogens with one attached hydrogen (secondary N) is 2. The van der Waals surface area contributed by atoms with E-state index in [9.17, 15) is 4.79 Å². The quantitative estimate of drug-likeness (QED) is 0.630. The summed E-state index contributed by atoms with van der Waals surface area (Å²) in [4.78, 5) is 20.7. The minimum atomic E-state index is -0.221. The van der Waals surface area contributed by atoms with E-state index in [-0.39, 0.29) is 5.91 Å². The molecule has 0 spiro atoms. The molecule has 28 heavy (non-hydrogen) atoms. The Bertz CT molecular complexity index is 943. The van der Waals surface area contributed by atoms with Gasteiger partial charge in [0, 0.05) is 19.2 Å². The second kappa shape index (κ2) is 9.50. The molecular formula is C22H24N4O2. The summed E-state index contributed by atoms with van der Waals surface area (Å²) in [7, 11) is 1.66. The largest absolute Gasteiger partial charge is 0.497 e. The van der Waals surface area contributed by atoms with E-state index in [0.717, 1.165) is 28.9 Å². The summed E-state index contributed by atoms with van der Waals surface area (Å²) in [6.45, 7) is 3.18. The van der Waals surface area contributed by atoms with Crippen molar-refractivity contribution < 1.29 is 9.53 Å². The van der Waals surface area contributed by atoms with Gasteiger partial charge in [-0.15, -0.1) is 0 Å². The molecule has 0 atom stereocenters. The van der Waals surface area contributed by atoms with Gasteiger partial charge in [0.05, 0.1) is 7.11 Å². The number of anilines is 1. The number of benzene rings is 2. The highest BCUT2D eigenvalue weighted by molar-refractivity contribution is 5.92. The lowest BCUT2D eigenvalue weighted by atomic mass is 10.1. The Morgan fingerprint density at radius 1 is 1.07 bits per heavy atom. The minimum absolute atomic E-state index is 0.221. The van der Waals surface area contributed by atoms with Crippen LogP contribution in [0.1, 0.15) is 27.2 Å². The maximum Gasteiger partial charge on any atom is 0.270 e. The lowest BCUT2D eigenvalue weighted by Gasteiger charge is -2.09. The van der Waals surface area contributed by atoms with Crippen molar-refractivity contribution in [3.05, 3.63) is 83.3 Å². The molecular weight excluding hydrogens is 352 g/mol.